The summed E-state index contributed by atoms with van der Waals surface area (Å²) in [5, 5.41) is 25.7. The molecule has 0 aliphatic carbocycles. The van der Waals surface area contributed by atoms with Crippen molar-refractivity contribution in [1.29, 1.82) is 0 Å². The van der Waals surface area contributed by atoms with E-state index in [1.165, 1.54) is 12.1 Å². The summed E-state index contributed by atoms with van der Waals surface area (Å²) in [5.41, 5.74) is 22.3. The number of benzene rings is 1. The van der Waals surface area contributed by atoms with Crippen molar-refractivity contribution in [3.8, 4) is 5.75 Å². The van der Waals surface area contributed by atoms with Crippen molar-refractivity contribution in [2.75, 3.05) is 12.3 Å². The summed E-state index contributed by atoms with van der Waals surface area (Å²) in [6.07, 6.45) is -0.190. The van der Waals surface area contributed by atoms with Crippen LogP contribution in [0, 0.1) is 0 Å². The first-order valence-electron chi connectivity index (χ1n) is 11.5. The first kappa shape index (κ1) is 32.0. The van der Waals surface area contributed by atoms with Crippen LogP contribution in [0.1, 0.15) is 24.8 Å². The van der Waals surface area contributed by atoms with Crippen molar-refractivity contribution in [1.82, 2.24) is 16.0 Å². The van der Waals surface area contributed by atoms with E-state index < -0.39 is 60.2 Å². The highest BCUT2D eigenvalue weighted by Crippen LogP contribution is 2.11. The number of carboxylic acids is 1. The smallest absolute Gasteiger partial charge is 0.326 e. The third-order valence-electron chi connectivity index (χ3n) is 5.14. The lowest BCUT2D eigenvalue weighted by atomic mass is 10.0. The zero-order valence-corrected chi connectivity index (χ0v) is 21.4. The number of nitrogens with zero attached hydrogens (tertiary/aromatic N) is 1. The molecule has 0 aliphatic heterocycles. The van der Waals surface area contributed by atoms with Gasteiger partial charge >= 0.3 is 5.97 Å². The van der Waals surface area contributed by atoms with Crippen LogP contribution in [0.3, 0.4) is 0 Å². The molecule has 0 heterocycles. The number of phenols is 1. The van der Waals surface area contributed by atoms with Gasteiger partial charge in [-0.2, -0.15) is 12.6 Å². The highest BCUT2D eigenvalue weighted by molar-refractivity contribution is 7.80. The molecule has 16 heteroatoms. The van der Waals surface area contributed by atoms with Gasteiger partial charge in [0.1, 0.15) is 23.9 Å². The monoisotopic (exact) mass is 554 g/mol. The fourth-order valence-corrected chi connectivity index (χ4v) is 3.43. The molecule has 38 heavy (non-hydrogen) atoms. The fourth-order valence-electron chi connectivity index (χ4n) is 3.17. The summed E-state index contributed by atoms with van der Waals surface area (Å²) in [5.74, 6) is -5.11. The molecule has 4 amide bonds. The molecule has 1 rings (SSSR count). The van der Waals surface area contributed by atoms with Crippen molar-refractivity contribution < 1.29 is 34.2 Å². The average molecular weight is 555 g/mol. The second-order valence-corrected chi connectivity index (χ2v) is 8.67. The van der Waals surface area contributed by atoms with Crippen LogP contribution in [0.2, 0.25) is 0 Å². The second-order valence-electron chi connectivity index (χ2n) is 8.30. The van der Waals surface area contributed by atoms with Crippen molar-refractivity contribution in [2.24, 2.45) is 27.9 Å². The van der Waals surface area contributed by atoms with Gasteiger partial charge in [0.15, 0.2) is 5.96 Å². The Morgan fingerprint density at radius 1 is 0.895 bits per heavy atom. The number of guanidine groups is 1. The van der Waals surface area contributed by atoms with Crippen LogP contribution in [0.15, 0.2) is 29.3 Å². The zero-order chi connectivity index (χ0) is 28.8. The summed E-state index contributed by atoms with van der Waals surface area (Å²) in [4.78, 5) is 64.5. The van der Waals surface area contributed by atoms with Crippen LogP contribution in [-0.2, 0) is 30.4 Å². The molecule has 0 spiro atoms. The van der Waals surface area contributed by atoms with Crippen LogP contribution >= 0.6 is 12.6 Å². The number of carbonyl (C=O) groups excluding carboxylic acids is 4. The van der Waals surface area contributed by atoms with E-state index >= 15 is 0 Å². The Morgan fingerprint density at radius 3 is 1.97 bits per heavy atom. The number of primary amides is 1. The quantitative estimate of drug-likeness (QED) is 0.0419. The number of nitrogens with one attached hydrogen (secondary N) is 3. The van der Waals surface area contributed by atoms with E-state index in [0.717, 1.165) is 0 Å². The zero-order valence-electron chi connectivity index (χ0n) is 20.5. The molecule has 210 valence electrons. The maximum absolute atomic E-state index is 13.0. The van der Waals surface area contributed by atoms with Gasteiger partial charge in [0.05, 0.1) is 12.5 Å². The number of rotatable bonds is 16. The van der Waals surface area contributed by atoms with Crippen molar-refractivity contribution in [3.63, 3.8) is 0 Å². The lowest BCUT2D eigenvalue weighted by molar-refractivity contribution is -0.143. The predicted molar refractivity (Wildman–Crippen MR) is 141 cm³/mol. The molecule has 0 saturated carbocycles. The maximum Gasteiger partial charge on any atom is 0.326 e. The second kappa shape index (κ2) is 15.9. The van der Waals surface area contributed by atoms with Gasteiger partial charge in [-0.05, 0) is 37.0 Å². The standard InChI is InChI=1S/C22H34N8O7S/c23-13(8-11-3-5-12(31)6-4-11)18(33)28-14(2-1-7-27-22(25)26)19(34)30-16(10-38)20(35)29-15(21(36)37)9-17(24)32/h3-6,13-16,31,38H,1-2,7-10,23H2,(H2,24,32)(H,28,33)(H,29,35)(H,30,34)(H,36,37)(H4,25,26,27). The van der Waals surface area contributed by atoms with E-state index in [-0.39, 0.29) is 43.3 Å². The number of thiol groups is 1. The molecule has 4 atom stereocenters. The van der Waals surface area contributed by atoms with Gasteiger partial charge in [-0.3, -0.25) is 24.2 Å². The van der Waals surface area contributed by atoms with Gasteiger partial charge in [-0.1, -0.05) is 12.1 Å². The fraction of sp³-hybridized carbons (Fsp3) is 0.455. The van der Waals surface area contributed by atoms with Crippen LogP contribution in [0.5, 0.6) is 5.75 Å². The molecular formula is C22H34N8O7S. The number of nitrogens with two attached hydrogens (primary N) is 4. The molecule has 0 bridgehead atoms. The SMILES string of the molecule is NC(=O)CC(NC(=O)C(CS)NC(=O)C(CCCN=C(N)N)NC(=O)C(N)Cc1ccc(O)cc1)C(=O)O. The normalized spacial score (nSPS) is 13.7. The first-order valence-corrected chi connectivity index (χ1v) is 12.1. The Balaban J connectivity index is 2.93. The van der Waals surface area contributed by atoms with E-state index in [0.29, 0.717) is 5.56 Å². The van der Waals surface area contributed by atoms with E-state index in [1.54, 1.807) is 12.1 Å². The number of aliphatic carboxylic acids is 1. The van der Waals surface area contributed by atoms with Crippen LogP contribution in [0.4, 0.5) is 0 Å². The van der Waals surface area contributed by atoms with E-state index in [1.807, 2.05) is 0 Å². The number of carboxylic acid groups (broad SMARTS) is 1. The highest BCUT2D eigenvalue weighted by atomic mass is 32.1. The third-order valence-corrected chi connectivity index (χ3v) is 5.51. The number of aliphatic imine (C=N–C) groups is 1. The Hall–Kier alpha value is -4.05. The number of carbonyl (C=O) groups is 5. The summed E-state index contributed by atoms with van der Waals surface area (Å²) >= 11 is 4.03. The minimum atomic E-state index is -1.60. The molecule has 1 aromatic carbocycles. The molecule has 0 fully saturated rings. The van der Waals surface area contributed by atoms with Gasteiger partial charge < -0.3 is 49.1 Å². The van der Waals surface area contributed by atoms with Crippen LogP contribution < -0.4 is 38.9 Å². The third kappa shape index (κ3) is 11.8. The number of amides is 4. The Bertz CT molecular complexity index is 1020. The lowest BCUT2D eigenvalue weighted by Crippen LogP contribution is -2.58. The maximum atomic E-state index is 13.0. The van der Waals surface area contributed by atoms with Gasteiger partial charge in [0.25, 0.3) is 0 Å². The van der Waals surface area contributed by atoms with Crippen molar-refractivity contribution in [3.05, 3.63) is 29.8 Å². The Kier molecular flexibility index (Phi) is 13.4. The van der Waals surface area contributed by atoms with Gasteiger partial charge in [-0.15, -0.1) is 0 Å². The molecule has 0 radical (unpaired) electrons. The number of aromatic hydroxyl groups is 1. The first-order chi connectivity index (χ1) is 17.8. The molecule has 0 aromatic heterocycles. The van der Waals surface area contributed by atoms with Gasteiger partial charge in [0.2, 0.25) is 23.6 Å². The van der Waals surface area contributed by atoms with Crippen molar-refractivity contribution >= 4 is 48.2 Å². The molecule has 0 aliphatic rings. The van der Waals surface area contributed by atoms with Crippen LogP contribution in [-0.4, -0.2) is 82.2 Å². The largest absolute Gasteiger partial charge is 0.508 e. The minimum Gasteiger partial charge on any atom is -0.508 e. The Labute approximate surface area is 224 Å². The molecule has 4 unspecified atom stereocenters. The summed E-state index contributed by atoms with van der Waals surface area (Å²) in [6, 6.07) is 0.985. The van der Waals surface area contributed by atoms with Crippen molar-refractivity contribution in [2.45, 2.75) is 49.9 Å². The summed E-state index contributed by atoms with van der Waals surface area (Å²) < 4.78 is 0. The van der Waals surface area contributed by atoms with E-state index in [4.69, 9.17) is 22.9 Å². The topological polar surface area (TPSA) is 278 Å². The molecule has 0 saturated heterocycles. The predicted octanol–water partition coefficient (Wildman–Crippen LogP) is -3.34. The Morgan fingerprint density at radius 2 is 1.45 bits per heavy atom. The molecule has 15 nitrogen and oxygen atoms in total. The van der Waals surface area contributed by atoms with Gasteiger partial charge in [0, 0.05) is 12.3 Å². The number of hydrogen-bond acceptors (Lipinski definition) is 9. The highest BCUT2D eigenvalue weighted by Gasteiger charge is 2.30. The van der Waals surface area contributed by atoms with E-state index in [2.05, 4.69) is 33.6 Å². The van der Waals surface area contributed by atoms with E-state index in [9.17, 15) is 34.2 Å². The molecule has 1 aromatic rings. The van der Waals surface area contributed by atoms with Gasteiger partial charge in [-0.25, -0.2) is 4.79 Å². The minimum absolute atomic E-state index is 0.0522. The van der Waals surface area contributed by atoms with Crippen LogP contribution in [0.25, 0.3) is 0 Å². The molecule has 13 N–H and O–H groups in total. The number of phenolic OH excluding ortho intramolecular Hbond substituents is 1. The lowest BCUT2D eigenvalue weighted by Gasteiger charge is -2.24. The summed E-state index contributed by atoms with van der Waals surface area (Å²) in [6.45, 7) is 0.158. The summed E-state index contributed by atoms with van der Waals surface area (Å²) in [7, 11) is 0. The molecular weight excluding hydrogens is 520 g/mol. The average Bonchev–Trinajstić information content (AvgIpc) is 2.84. The number of hydrogen-bond donors (Lipinski definition) is 10.